The molecule has 1 heterocycles. The van der Waals surface area contributed by atoms with Gasteiger partial charge in [0, 0.05) is 13.3 Å². The second kappa shape index (κ2) is 7.17. The van der Waals surface area contributed by atoms with Crippen molar-refractivity contribution in [2.75, 3.05) is 0 Å². The van der Waals surface area contributed by atoms with E-state index in [1.165, 1.54) is 6.92 Å². The molecule has 128 valence electrons. The number of aliphatic carboxylic acids is 1. The van der Waals surface area contributed by atoms with Crippen molar-refractivity contribution in [3.63, 3.8) is 0 Å². The zero-order valence-corrected chi connectivity index (χ0v) is 13.8. The fraction of sp³-hybridized carbons (Fsp3) is 0.211. The largest absolute Gasteiger partial charge is 0.489 e. The summed E-state index contributed by atoms with van der Waals surface area (Å²) in [7, 11) is 0. The van der Waals surface area contributed by atoms with Gasteiger partial charge < -0.3 is 9.84 Å². The maximum absolute atomic E-state index is 11.5. The van der Waals surface area contributed by atoms with Crippen molar-refractivity contribution in [2.45, 2.75) is 26.0 Å². The Balaban J connectivity index is 1.69. The van der Waals surface area contributed by atoms with E-state index in [1.54, 1.807) is 0 Å². The fourth-order valence-electron chi connectivity index (χ4n) is 2.65. The monoisotopic (exact) mass is 338 g/mol. The van der Waals surface area contributed by atoms with E-state index in [9.17, 15) is 14.7 Å². The topological polar surface area (TPSA) is 79.2 Å². The Morgan fingerprint density at radius 1 is 1.16 bits per heavy atom. The molecule has 0 aromatic heterocycles. The van der Waals surface area contributed by atoms with Gasteiger partial charge in [-0.05, 0) is 35.4 Å². The summed E-state index contributed by atoms with van der Waals surface area (Å²) >= 11 is 0. The van der Waals surface area contributed by atoms with Crippen molar-refractivity contribution in [1.29, 1.82) is 0 Å². The molecule has 2 aromatic carbocycles. The number of ether oxygens (including phenoxy) is 1. The molecule has 2 aromatic rings. The van der Waals surface area contributed by atoms with E-state index in [0.717, 1.165) is 16.1 Å². The summed E-state index contributed by atoms with van der Waals surface area (Å²) in [5.74, 6) is -0.730. The smallest absolute Gasteiger partial charge is 0.329 e. The molecule has 0 aliphatic carbocycles. The van der Waals surface area contributed by atoms with Crippen LogP contribution in [-0.2, 0) is 16.2 Å². The van der Waals surface area contributed by atoms with E-state index < -0.39 is 12.0 Å². The van der Waals surface area contributed by atoms with E-state index in [2.05, 4.69) is 5.10 Å². The first-order valence-corrected chi connectivity index (χ1v) is 7.92. The van der Waals surface area contributed by atoms with Gasteiger partial charge in [-0.3, -0.25) is 4.79 Å². The van der Waals surface area contributed by atoms with E-state index in [0.29, 0.717) is 18.1 Å². The Bertz CT molecular complexity index is 800. The number of carboxylic acid groups (broad SMARTS) is 1. The third kappa shape index (κ3) is 3.85. The number of amides is 1. The van der Waals surface area contributed by atoms with E-state index >= 15 is 0 Å². The molecule has 3 rings (SSSR count). The second-order valence-corrected chi connectivity index (χ2v) is 5.77. The number of nitrogens with zero attached hydrogens (tertiary/aromatic N) is 2. The highest BCUT2D eigenvalue weighted by atomic mass is 16.5. The van der Waals surface area contributed by atoms with Crippen molar-refractivity contribution >= 4 is 17.6 Å². The highest BCUT2D eigenvalue weighted by Gasteiger charge is 2.35. The molecule has 1 N–H and O–H groups in total. The minimum atomic E-state index is -1.06. The quantitative estimate of drug-likeness (QED) is 0.909. The van der Waals surface area contributed by atoms with Crippen LogP contribution in [0.5, 0.6) is 5.75 Å². The molecule has 0 saturated heterocycles. The third-order valence-corrected chi connectivity index (χ3v) is 3.95. The Kier molecular flexibility index (Phi) is 4.79. The van der Waals surface area contributed by atoms with Crippen LogP contribution in [0, 0.1) is 0 Å². The standard InChI is InChI=1S/C19H18N2O4/c1-13(22)21-18(19(23)24)11-17(20-21)15-7-9-16(10-8-15)25-12-14-5-3-2-4-6-14/h2-10,18H,11-12H2,1H3,(H,23,24). The van der Waals surface area contributed by atoms with Crippen LogP contribution in [0.15, 0.2) is 59.7 Å². The number of carbonyl (C=O) groups is 2. The van der Waals surface area contributed by atoms with Gasteiger partial charge in [0.15, 0.2) is 6.04 Å². The molecule has 1 atom stereocenters. The van der Waals surface area contributed by atoms with Gasteiger partial charge in [-0.2, -0.15) is 5.10 Å². The highest BCUT2D eigenvalue weighted by Crippen LogP contribution is 2.22. The first-order valence-electron chi connectivity index (χ1n) is 7.92. The number of carbonyl (C=O) groups excluding carboxylic acids is 1. The number of benzene rings is 2. The molecule has 25 heavy (non-hydrogen) atoms. The van der Waals surface area contributed by atoms with Crippen molar-refractivity contribution < 1.29 is 19.4 Å². The van der Waals surface area contributed by atoms with Gasteiger partial charge >= 0.3 is 5.97 Å². The van der Waals surface area contributed by atoms with Crippen LogP contribution in [0.25, 0.3) is 0 Å². The van der Waals surface area contributed by atoms with Crippen LogP contribution >= 0.6 is 0 Å². The minimum absolute atomic E-state index is 0.194. The number of rotatable bonds is 5. The van der Waals surface area contributed by atoms with E-state index in [-0.39, 0.29) is 12.3 Å². The Hall–Kier alpha value is -3.15. The molecule has 1 amide bonds. The normalized spacial score (nSPS) is 16.4. The second-order valence-electron chi connectivity index (χ2n) is 5.77. The van der Waals surface area contributed by atoms with Gasteiger partial charge in [0.05, 0.1) is 5.71 Å². The van der Waals surface area contributed by atoms with E-state index in [1.807, 2.05) is 54.6 Å². The molecule has 0 spiro atoms. The molecule has 1 aliphatic rings. The lowest BCUT2D eigenvalue weighted by Gasteiger charge is -2.15. The van der Waals surface area contributed by atoms with Crippen LogP contribution in [-0.4, -0.2) is 33.7 Å². The summed E-state index contributed by atoms with van der Waals surface area (Å²) in [5, 5.41) is 14.4. The maximum Gasteiger partial charge on any atom is 0.329 e. The number of hydrazone groups is 1. The van der Waals surface area contributed by atoms with E-state index in [4.69, 9.17) is 4.74 Å². The van der Waals surface area contributed by atoms with Gasteiger partial charge in [0.1, 0.15) is 12.4 Å². The van der Waals surface area contributed by atoms with Gasteiger partial charge in [-0.25, -0.2) is 9.80 Å². The summed E-state index contributed by atoms with van der Waals surface area (Å²) in [6.45, 7) is 1.78. The van der Waals surface area contributed by atoms with Crippen LogP contribution in [0.4, 0.5) is 0 Å². The summed E-state index contributed by atoms with van der Waals surface area (Å²) < 4.78 is 5.73. The number of hydrogen-bond donors (Lipinski definition) is 1. The zero-order chi connectivity index (χ0) is 17.8. The predicted octanol–water partition coefficient (Wildman–Crippen LogP) is 2.68. The molecule has 0 saturated carbocycles. The molecular formula is C19H18N2O4. The summed E-state index contributed by atoms with van der Waals surface area (Å²) in [5.41, 5.74) is 2.44. The SMILES string of the molecule is CC(=O)N1N=C(c2ccc(OCc3ccccc3)cc2)CC1C(=O)O. The zero-order valence-electron chi connectivity index (χ0n) is 13.8. The first kappa shape index (κ1) is 16.7. The van der Waals surface area contributed by atoms with Gasteiger partial charge in [0.2, 0.25) is 5.91 Å². The first-order chi connectivity index (χ1) is 12.0. The molecule has 0 bridgehead atoms. The van der Waals surface area contributed by atoms with Gasteiger partial charge in [0.25, 0.3) is 0 Å². The third-order valence-electron chi connectivity index (χ3n) is 3.95. The molecular weight excluding hydrogens is 320 g/mol. The van der Waals surface area contributed by atoms with Crippen LogP contribution < -0.4 is 4.74 Å². The van der Waals surface area contributed by atoms with Crippen molar-refractivity contribution in [3.05, 3.63) is 65.7 Å². The number of carboxylic acids is 1. The van der Waals surface area contributed by atoms with Crippen LogP contribution in [0.3, 0.4) is 0 Å². The Morgan fingerprint density at radius 3 is 2.40 bits per heavy atom. The lowest BCUT2D eigenvalue weighted by Crippen LogP contribution is -2.37. The van der Waals surface area contributed by atoms with Gasteiger partial charge in [-0.15, -0.1) is 0 Å². The van der Waals surface area contributed by atoms with Crippen molar-refractivity contribution in [1.82, 2.24) is 5.01 Å². The summed E-state index contributed by atoms with van der Waals surface area (Å²) in [6.07, 6.45) is 0.194. The molecule has 6 heteroatoms. The van der Waals surface area contributed by atoms with Gasteiger partial charge in [-0.1, -0.05) is 30.3 Å². The predicted molar refractivity (Wildman–Crippen MR) is 92.3 cm³/mol. The average Bonchev–Trinajstić information content (AvgIpc) is 3.07. The van der Waals surface area contributed by atoms with Crippen LogP contribution in [0.1, 0.15) is 24.5 Å². The summed E-state index contributed by atoms with van der Waals surface area (Å²) in [4.78, 5) is 22.8. The molecule has 0 radical (unpaired) electrons. The highest BCUT2D eigenvalue weighted by molar-refractivity contribution is 6.05. The number of hydrogen-bond acceptors (Lipinski definition) is 4. The molecule has 0 fully saturated rings. The lowest BCUT2D eigenvalue weighted by molar-refractivity contribution is -0.148. The Morgan fingerprint density at radius 2 is 1.84 bits per heavy atom. The molecule has 1 unspecified atom stereocenters. The van der Waals surface area contributed by atoms with Crippen LogP contribution in [0.2, 0.25) is 0 Å². The molecule has 6 nitrogen and oxygen atoms in total. The average molecular weight is 338 g/mol. The van der Waals surface area contributed by atoms with Crippen molar-refractivity contribution in [3.8, 4) is 5.75 Å². The lowest BCUT2D eigenvalue weighted by atomic mass is 10.0. The Labute approximate surface area is 145 Å². The minimum Gasteiger partial charge on any atom is -0.489 e. The molecule has 1 aliphatic heterocycles. The maximum atomic E-state index is 11.5. The van der Waals surface area contributed by atoms with Crippen molar-refractivity contribution in [2.24, 2.45) is 5.10 Å². The fourth-order valence-corrected chi connectivity index (χ4v) is 2.65. The summed E-state index contributed by atoms with van der Waals surface area (Å²) in [6, 6.07) is 16.2.